The maximum absolute atomic E-state index is 10.9. The van der Waals surface area contributed by atoms with Crippen LogP contribution in [0.1, 0.15) is 0 Å². The molecule has 0 aromatic carbocycles. The van der Waals surface area contributed by atoms with E-state index in [0.717, 1.165) is 0 Å². The SMILES string of the molecule is C=CCS(=O)C[C@H](N)C(=O)O.[Al].[In]. The maximum atomic E-state index is 10.9. The van der Waals surface area contributed by atoms with Gasteiger partial charge >= 0.3 is 5.97 Å². The Balaban J connectivity index is -0.000000500. The summed E-state index contributed by atoms with van der Waals surface area (Å²) in [6.45, 7) is 3.37. The Kier molecular flexibility index (Phi) is 16.1. The molecule has 0 aliphatic carbocycles. The molecule has 4 nitrogen and oxygen atoms in total. The molecule has 0 fully saturated rings. The molecule has 0 heterocycles. The Morgan fingerprint density at radius 3 is 2.46 bits per heavy atom. The van der Waals surface area contributed by atoms with Gasteiger partial charge < -0.3 is 10.8 Å². The number of hydrogen-bond acceptors (Lipinski definition) is 3. The molecule has 3 N–H and O–H groups in total. The van der Waals surface area contributed by atoms with Gasteiger partial charge in [-0.15, -0.1) is 6.58 Å². The van der Waals surface area contributed by atoms with E-state index in [1.54, 1.807) is 0 Å². The number of rotatable bonds is 5. The molecule has 13 heavy (non-hydrogen) atoms. The fourth-order valence-electron chi connectivity index (χ4n) is 0.471. The number of carboxylic acids is 1. The van der Waals surface area contributed by atoms with E-state index in [1.807, 2.05) is 0 Å². The molecular formula is C6H11AlInNO3S. The molecular weight excluding hydrogens is 308 g/mol. The Morgan fingerprint density at radius 2 is 2.15 bits per heavy atom. The number of nitrogens with two attached hydrogens (primary N) is 1. The van der Waals surface area contributed by atoms with Crippen molar-refractivity contribution in [3.63, 3.8) is 0 Å². The van der Waals surface area contributed by atoms with Crippen molar-refractivity contribution in [3.05, 3.63) is 12.7 Å². The smallest absolute Gasteiger partial charge is 0.321 e. The van der Waals surface area contributed by atoms with Gasteiger partial charge in [0.1, 0.15) is 6.04 Å². The zero-order valence-corrected chi connectivity index (χ0v) is 12.4. The minimum absolute atomic E-state index is 0. The summed E-state index contributed by atoms with van der Waals surface area (Å²) in [6.07, 6.45) is 1.48. The molecule has 0 aromatic heterocycles. The van der Waals surface area contributed by atoms with Crippen LogP contribution in [0, 0.1) is 0 Å². The second kappa shape index (κ2) is 10.8. The average Bonchev–Trinajstić information content (AvgIpc) is 1.87. The Hall–Kier alpha value is 0.723. The molecule has 0 aliphatic rings. The summed E-state index contributed by atoms with van der Waals surface area (Å²) in [4.78, 5) is 10.2. The van der Waals surface area contributed by atoms with Gasteiger partial charge in [0.15, 0.2) is 0 Å². The third-order valence-electron chi connectivity index (χ3n) is 0.986. The molecule has 0 aliphatic heterocycles. The van der Waals surface area contributed by atoms with Gasteiger partial charge in [-0.1, -0.05) is 6.08 Å². The van der Waals surface area contributed by atoms with E-state index in [4.69, 9.17) is 10.8 Å². The quantitative estimate of drug-likeness (QED) is 0.481. The summed E-state index contributed by atoms with van der Waals surface area (Å²) in [5.74, 6) is -0.843. The molecule has 2 atom stereocenters. The predicted octanol–water partition coefficient (Wildman–Crippen LogP) is -1.43. The van der Waals surface area contributed by atoms with Crippen molar-refractivity contribution < 1.29 is 14.1 Å². The van der Waals surface area contributed by atoms with Gasteiger partial charge in [-0.25, -0.2) is 0 Å². The van der Waals surface area contributed by atoms with Crippen molar-refractivity contribution in [1.82, 2.24) is 0 Å². The van der Waals surface area contributed by atoms with Gasteiger partial charge in [0.2, 0.25) is 0 Å². The first-order valence-electron chi connectivity index (χ1n) is 3.02. The Labute approximate surface area is 109 Å². The average molecular weight is 319 g/mol. The van der Waals surface area contributed by atoms with Crippen molar-refractivity contribution in [2.24, 2.45) is 5.73 Å². The molecule has 0 aromatic rings. The Morgan fingerprint density at radius 1 is 1.69 bits per heavy atom. The minimum Gasteiger partial charge on any atom is -0.480 e. The van der Waals surface area contributed by atoms with Crippen molar-refractivity contribution in [1.29, 1.82) is 0 Å². The number of aliphatic carboxylic acids is 1. The zero-order chi connectivity index (χ0) is 8.85. The van der Waals surface area contributed by atoms with E-state index in [0.29, 0.717) is 5.75 Å². The van der Waals surface area contributed by atoms with Crippen molar-refractivity contribution in [3.8, 4) is 0 Å². The van der Waals surface area contributed by atoms with E-state index in [9.17, 15) is 9.00 Å². The van der Waals surface area contributed by atoms with Crippen LogP contribution in [0.25, 0.3) is 0 Å². The van der Waals surface area contributed by atoms with Crippen LogP contribution in [-0.4, -0.2) is 76.0 Å². The van der Waals surface area contributed by atoms with E-state index in [1.165, 1.54) is 6.08 Å². The van der Waals surface area contributed by atoms with Crippen LogP contribution in [-0.2, 0) is 15.6 Å². The summed E-state index contributed by atoms with van der Waals surface area (Å²) < 4.78 is 10.9. The second-order valence-electron chi connectivity index (χ2n) is 2.01. The van der Waals surface area contributed by atoms with Gasteiger partial charge in [-0.05, 0) is 0 Å². The largest absolute Gasteiger partial charge is 0.480 e. The summed E-state index contributed by atoms with van der Waals surface area (Å²) >= 11 is 0. The van der Waals surface area contributed by atoms with Crippen molar-refractivity contribution in [2.75, 3.05) is 11.5 Å². The molecule has 0 amide bonds. The summed E-state index contributed by atoms with van der Waals surface area (Å²) in [5.41, 5.74) is 5.12. The zero-order valence-electron chi connectivity index (χ0n) is 7.18. The van der Waals surface area contributed by atoms with E-state index in [2.05, 4.69) is 6.58 Å². The van der Waals surface area contributed by atoms with E-state index in [-0.39, 0.29) is 49.0 Å². The molecule has 0 saturated heterocycles. The van der Waals surface area contributed by atoms with Crippen LogP contribution in [0.5, 0.6) is 0 Å². The van der Waals surface area contributed by atoms with Crippen LogP contribution in [0.2, 0.25) is 0 Å². The third-order valence-corrected chi connectivity index (χ3v) is 2.32. The van der Waals surface area contributed by atoms with E-state index < -0.39 is 22.8 Å². The normalized spacial score (nSPS) is 13.0. The van der Waals surface area contributed by atoms with Gasteiger partial charge in [0.25, 0.3) is 0 Å². The fourth-order valence-corrected chi connectivity index (χ4v) is 1.41. The standard InChI is InChI=1S/C6H11NO3S.Al.In/c1-2-3-11(10)4-5(7)6(8)9;;/h2,5H,1,3-4,7H2,(H,8,9);;/t5-,11?;;/m0../s1. The van der Waals surface area contributed by atoms with Gasteiger partial charge in [-0.2, -0.15) is 0 Å². The first kappa shape index (κ1) is 19.3. The van der Waals surface area contributed by atoms with Crippen LogP contribution >= 0.6 is 0 Å². The summed E-state index contributed by atoms with van der Waals surface area (Å²) in [6, 6.07) is -1.03. The van der Waals surface area contributed by atoms with Crippen molar-refractivity contribution in [2.45, 2.75) is 6.04 Å². The Bertz CT molecular complexity index is 191. The molecule has 70 valence electrons. The third kappa shape index (κ3) is 10.6. The molecule has 0 saturated carbocycles. The molecule has 0 spiro atoms. The topological polar surface area (TPSA) is 80.4 Å². The van der Waals surface area contributed by atoms with Crippen LogP contribution in [0.15, 0.2) is 12.7 Å². The summed E-state index contributed by atoms with van der Waals surface area (Å²) in [5, 5.41) is 8.31. The van der Waals surface area contributed by atoms with Crippen molar-refractivity contribution >= 4 is 60.0 Å². The van der Waals surface area contributed by atoms with Gasteiger partial charge in [-0.3, -0.25) is 9.00 Å². The minimum atomic E-state index is -1.19. The van der Waals surface area contributed by atoms with Crippen LogP contribution in [0.3, 0.4) is 0 Å². The first-order chi connectivity index (χ1) is 5.07. The molecule has 1 unspecified atom stereocenters. The molecule has 0 rings (SSSR count). The van der Waals surface area contributed by atoms with Gasteiger partial charge in [0.05, 0.1) is 0 Å². The fraction of sp³-hybridized carbons (Fsp3) is 0.500. The number of carboxylic acid groups (broad SMARTS) is 1. The number of carbonyl (C=O) groups is 1. The maximum Gasteiger partial charge on any atom is 0.321 e. The summed E-state index contributed by atoms with van der Waals surface area (Å²) in [7, 11) is -1.19. The molecule has 0 bridgehead atoms. The number of hydrogen-bond donors (Lipinski definition) is 2. The first-order valence-corrected chi connectivity index (χ1v) is 4.51. The second-order valence-corrected chi connectivity index (χ2v) is 3.55. The molecule has 7 heteroatoms. The van der Waals surface area contributed by atoms with Gasteiger partial charge in [0, 0.05) is 65.5 Å². The van der Waals surface area contributed by atoms with Crippen LogP contribution < -0.4 is 5.73 Å². The van der Waals surface area contributed by atoms with Crippen LogP contribution in [0.4, 0.5) is 0 Å². The molecule has 6 radical (unpaired) electrons. The van der Waals surface area contributed by atoms with E-state index >= 15 is 0 Å². The predicted molar refractivity (Wildman–Crippen MR) is 55.2 cm³/mol. The monoisotopic (exact) mass is 319 g/mol.